The van der Waals surface area contributed by atoms with Crippen molar-refractivity contribution in [2.45, 2.75) is 32.6 Å². The van der Waals surface area contributed by atoms with Crippen molar-refractivity contribution in [2.24, 2.45) is 0 Å². The molecule has 1 atom stereocenters. The first-order chi connectivity index (χ1) is 23.6. The number of fused-ring (bicyclic) bond motifs is 3. The molecule has 0 aromatic heterocycles. The third-order valence-corrected chi connectivity index (χ3v) is 10.2. The molecule has 8 rings (SSSR count). The Morgan fingerprint density at radius 2 is 1.04 bits per heavy atom. The molecule has 0 bridgehead atoms. The molecule has 0 saturated heterocycles. The summed E-state index contributed by atoms with van der Waals surface area (Å²) >= 11 is 1.46. The molecule has 1 aliphatic rings. The van der Waals surface area contributed by atoms with Crippen LogP contribution in [0.3, 0.4) is 0 Å². The van der Waals surface area contributed by atoms with Gasteiger partial charge in [-0.25, -0.2) is 0 Å². The van der Waals surface area contributed by atoms with Gasteiger partial charge >= 0.3 is 99.2 Å². The third kappa shape index (κ3) is 8.28. The van der Waals surface area contributed by atoms with Crippen molar-refractivity contribution in [3.63, 3.8) is 0 Å². The van der Waals surface area contributed by atoms with Crippen LogP contribution in [0.2, 0.25) is 0 Å². The van der Waals surface area contributed by atoms with E-state index in [9.17, 15) is 0 Å². The average molecular weight is 696 g/mol. The molecule has 7 aromatic rings. The molecule has 0 aliphatic heterocycles. The Kier molecular flexibility index (Phi) is 11.5. The first-order valence-corrected chi connectivity index (χ1v) is 18.1. The first kappa shape index (κ1) is 33.3. The van der Waals surface area contributed by atoms with Crippen molar-refractivity contribution in [2.75, 3.05) is 0 Å². The molecular formula is C47H40Zr. The number of rotatable bonds is 6. The van der Waals surface area contributed by atoms with Crippen LogP contribution in [0.5, 0.6) is 0 Å². The van der Waals surface area contributed by atoms with Crippen LogP contribution in [-0.4, -0.2) is 3.21 Å². The standard InChI is InChI=1S/C17H17.C17H13.C13H10.Zr/c1-3-12-5-7-16-14(9-12)11-15-10-13(4-2)6-8-17(15)16;1-3-7-14(8-4-1)16-11-12-17(13-16)15-9-5-2-6-10-15;1-3-7-12(8-4-1)11-13-9-5-2-6-10-13;/h5-11H,3-4H2,1-2H3;1-12,16H;1-10H;/q2*-1;;+2. The normalized spacial score (nSPS) is 13.3. The summed E-state index contributed by atoms with van der Waals surface area (Å²) in [6.45, 7) is 4.41. The van der Waals surface area contributed by atoms with Gasteiger partial charge in [0, 0.05) is 0 Å². The fourth-order valence-electron chi connectivity index (χ4n) is 6.05. The minimum absolute atomic E-state index is 0.298. The second-order valence-electron chi connectivity index (χ2n) is 12.0. The average Bonchev–Trinajstić information content (AvgIpc) is 3.81. The van der Waals surface area contributed by atoms with Crippen molar-refractivity contribution in [3.8, 4) is 0 Å². The summed E-state index contributed by atoms with van der Waals surface area (Å²) in [6.07, 6.45) is 10.1. The van der Waals surface area contributed by atoms with Gasteiger partial charge < -0.3 is 0 Å². The molecule has 232 valence electrons. The van der Waals surface area contributed by atoms with E-state index in [0.29, 0.717) is 5.92 Å². The molecule has 1 aliphatic carbocycles. The minimum atomic E-state index is 0.298. The van der Waals surface area contributed by atoms with Crippen molar-refractivity contribution in [1.29, 1.82) is 0 Å². The van der Waals surface area contributed by atoms with E-state index in [0.717, 1.165) is 12.8 Å². The quantitative estimate of drug-likeness (QED) is 0.152. The van der Waals surface area contributed by atoms with Crippen molar-refractivity contribution >= 4 is 30.3 Å². The van der Waals surface area contributed by atoms with E-state index in [2.05, 4.69) is 184 Å². The van der Waals surface area contributed by atoms with Gasteiger partial charge in [-0.15, -0.1) is 63.5 Å². The molecule has 0 nitrogen and oxygen atoms in total. The topological polar surface area (TPSA) is 0 Å². The number of hydrogen-bond donors (Lipinski definition) is 0. The molecule has 0 spiro atoms. The summed E-state index contributed by atoms with van der Waals surface area (Å²) in [6, 6.07) is 58.0. The van der Waals surface area contributed by atoms with Gasteiger partial charge in [-0.2, -0.15) is 17.7 Å². The van der Waals surface area contributed by atoms with Crippen LogP contribution in [-0.2, 0) is 37.1 Å². The Balaban J connectivity index is 0.000000126. The molecule has 0 fully saturated rings. The molecule has 0 N–H and O–H groups in total. The maximum atomic E-state index is 3.53. The Morgan fingerprint density at radius 3 is 1.52 bits per heavy atom. The van der Waals surface area contributed by atoms with E-state index in [1.54, 1.807) is 0 Å². The Bertz CT molecular complexity index is 2030. The second kappa shape index (κ2) is 16.5. The molecule has 0 heterocycles. The summed E-state index contributed by atoms with van der Waals surface area (Å²) in [4.78, 5) is 0. The molecule has 1 heteroatoms. The van der Waals surface area contributed by atoms with E-state index in [1.165, 1.54) is 87.9 Å². The van der Waals surface area contributed by atoms with Gasteiger partial charge in [0.2, 0.25) is 0 Å². The Labute approximate surface area is 300 Å². The van der Waals surface area contributed by atoms with Crippen LogP contribution in [0.25, 0.3) is 27.1 Å². The zero-order valence-corrected chi connectivity index (χ0v) is 30.2. The van der Waals surface area contributed by atoms with Gasteiger partial charge in [0.05, 0.1) is 0 Å². The summed E-state index contributed by atoms with van der Waals surface area (Å²) in [7, 11) is 0. The zero-order chi connectivity index (χ0) is 33.1. The predicted molar refractivity (Wildman–Crippen MR) is 203 cm³/mol. The van der Waals surface area contributed by atoms with Gasteiger partial charge in [-0.05, 0) is 18.8 Å². The van der Waals surface area contributed by atoms with Gasteiger partial charge in [-0.3, -0.25) is 0 Å². The monoisotopic (exact) mass is 694 g/mol. The summed E-state index contributed by atoms with van der Waals surface area (Å²) in [5, 5.41) is 5.54. The van der Waals surface area contributed by atoms with Gasteiger partial charge in [-0.1, -0.05) is 103 Å². The first-order valence-electron chi connectivity index (χ1n) is 16.9. The van der Waals surface area contributed by atoms with Crippen LogP contribution in [0.15, 0.2) is 176 Å². The molecule has 1 unspecified atom stereocenters. The number of benzene rings is 6. The molecule has 0 saturated carbocycles. The third-order valence-electron chi connectivity index (χ3n) is 8.78. The summed E-state index contributed by atoms with van der Waals surface area (Å²) < 4.78 is 1.42. The molecule has 48 heavy (non-hydrogen) atoms. The van der Waals surface area contributed by atoms with Crippen LogP contribution in [0.1, 0.15) is 53.1 Å². The number of allylic oxidation sites excluding steroid dienone is 4. The molecule has 0 amide bonds. The summed E-state index contributed by atoms with van der Waals surface area (Å²) in [5.41, 5.74) is 9.23. The summed E-state index contributed by atoms with van der Waals surface area (Å²) in [5.74, 6) is 0.298. The van der Waals surface area contributed by atoms with Crippen LogP contribution < -0.4 is 0 Å². The van der Waals surface area contributed by atoms with Crippen LogP contribution >= 0.6 is 0 Å². The fraction of sp³-hybridized carbons (Fsp3) is 0.106. The molecule has 0 radical (unpaired) electrons. The number of aryl methyl sites for hydroxylation is 2. The fourth-order valence-corrected chi connectivity index (χ4v) is 6.87. The predicted octanol–water partition coefficient (Wildman–Crippen LogP) is 11.9. The van der Waals surface area contributed by atoms with Crippen molar-refractivity contribution in [3.05, 3.63) is 215 Å². The van der Waals surface area contributed by atoms with Crippen LogP contribution in [0.4, 0.5) is 0 Å². The zero-order valence-electron chi connectivity index (χ0n) is 27.7. The number of hydrogen-bond acceptors (Lipinski definition) is 0. The van der Waals surface area contributed by atoms with Gasteiger partial charge in [0.25, 0.3) is 0 Å². The van der Waals surface area contributed by atoms with Crippen molar-refractivity contribution in [1.82, 2.24) is 0 Å². The molecular weight excluding hydrogens is 656 g/mol. The van der Waals surface area contributed by atoms with E-state index < -0.39 is 0 Å². The van der Waals surface area contributed by atoms with E-state index in [1.807, 2.05) is 12.1 Å². The Morgan fingerprint density at radius 1 is 0.583 bits per heavy atom. The van der Waals surface area contributed by atoms with E-state index >= 15 is 0 Å². The molecule has 7 aromatic carbocycles. The Hall–Kier alpha value is -4.58. The maximum absolute atomic E-state index is 3.53. The SMILES string of the molecule is CCc1ccc2c(c1)[cH-]c1cc(CC)ccc12.[C-]1=C(c2ccccc2)C=CC1c1ccccc1.[Zr+2]=[C](c1ccccc1)c1ccccc1. The van der Waals surface area contributed by atoms with E-state index in [4.69, 9.17) is 0 Å². The van der Waals surface area contributed by atoms with Crippen LogP contribution in [0, 0.1) is 6.08 Å². The van der Waals surface area contributed by atoms with Crippen molar-refractivity contribution < 1.29 is 24.2 Å². The van der Waals surface area contributed by atoms with E-state index in [-0.39, 0.29) is 0 Å². The van der Waals surface area contributed by atoms with Gasteiger partial charge in [0.1, 0.15) is 0 Å². The second-order valence-corrected chi connectivity index (χ2v) is 13.2. The van der Waals surface area contributed by atoms with Gasteiger partial charge in [0.15, 0.2) is 0 Å².